The quantitative estimate of drug-likeness (QED) is 0.671. The SMILES string of the molecule is CCOc1ccc(NC(=O)C[NH+](C)[C@H](C)C(=O)N2CCCC2)cc1OCC. The number of hydrogen-bond donors (Lipinski definition) is 2. The molecule has 0 radical (unpaired) electrons. The zero-order valence-corrected chi connectivity index (χ0v) is 16.8. The van der Waals surface area contributed by atoms with Crippen LogP contribution in [0.3, 0.4) is 0 Å². The molecule has 150 valence electrons. The predicted molar refractivity (Wildman–Crippen MR) is 104 cm³/mol. The van der Waals surface area contributed by atoms with Crippen LogP contribution in [0, 0.1) is 0 Å². The van der Waals surface area contributed by atoms with Crippen LogP contribution in [0.4, 0.5) is 5.69 Å². The average Bonchev–Trinajstić information content (AvgIpc) is 3.17. The third-order valence-electron chi connectivity index (χ3n) is 4.79. The average molecular weight is 378 g/mol. The van der Waals surface area contributed by atoms with E-state index in [1.807, 2.05) is 32.7 Å². The number of hydrogen-bond acceptors (Lipinski definition) is 4. The van der Waals surface area contributed by atoms with E-state index in [0.29, 0.717) is 30.4 Å². The summed E-state index contributed by atoms with van der Waals surface area (Å²) in [7, 11) is 1.88. The Morgan fingerprint density at radius 2 is 1.78 bits per heavy atom. The molecule has 2 rings (SSSR count). The largest absolute Gasteiger partial charge is 0.490 e. The highest BCUT2D eigenvalue weighted by Crippen LogP contribution is 2.30. The fourth-order valence-electron chi connectivity index (χ4n) is 3.16. The van der Waals surface area contributed by atoms with Crippen molar-refractivity contribution in [3.63, 3.8) is 0 Å². The van der Waals surface area contributed by atoms with Crippen molar-refractivity contribution in [2.24, 2.45) is 0 Å². The first-order valence-electron chi connectivity index (χ1n) is 9.76. The van der Waals surface area contributed by atoms with Crippen molar-refractivity contribution in [1.29, 1.82) is 0 Å². The molecule has 1 unspecified atom stereocenters. The number of likely N-dealkylation sites (tertiary alicyclic amines) is 1. The fraction of sp³-hybridized carbons (Fsp3) is 0.600. The summed E-state index contributed by atoms with van der Waals surface area (Å²) in [4.78, 5) is 27.7. The van der Waals surface area contributed by atoms with Gasteiger partial charge in [-0.3, -0.25) is 9.59 Å². The van der Waals surface area contributed by atoms with Gasteiger partial charge in [-0.15, -0.1) is 0 Å². The van der Waals surface area contributed by atoms with Crippen LogP contribution < -0.4 is 19.7 Å². The molecule has 0 aliphatic carbocycles. The molecule has 1 saturated heterocycles. The Labute approximate surface area is 161 Å². The zero-order chi connectivity index (χ0) is 19.8. The minimum atomic E-state index is -0.242. The number of anilines is 1. The Balaban J connectivity index is 1.93. The van der Waals surface area contributed by atoms with Gasteiger partial charge in [0.25, 0.3) is 11.8 Å². The van der Waals surface area contributed by atoms with Gasteiger partial charge in [0.1, 0.15) is 0 Å². The summed E-state index contributed by atoms with van der Waals surface area (Å²) in [5.74, 6) is 1.25. The van der Waals surface area contributed by atoms with Crippen LogP contribution in [0.5, 0.6) is 11.5 Å². The highest BCUT2D eigenvalue weighted by atomic mass is 16.5. The van der Waals surface area contributed by atoms with E-state index in [4.69, 9.17) is 9.47 Å². The van der Waals surface area contributed by atoms with E-state index in [-0.39, 0.29) is 24.4 Å². The molecule has 1 aromatic rings. The number of benzene rings is 1. The van der Waals surface area contributed by atoms with Crippen LogP contribution in [-0.2, 0) is 9.59 Å². The molecular weight excluding hydrogens is 346 g/mol. The molecule has 7 nitrogen and oxygen atoms in total. The topological polar surface area (TPSA) is 72.3 Å². The fourth-order valence-corrected chi connectivity index (χ4v) is 3.16. The van der Waals surface area contributed by atoms with Crippen LogP contribution in [0.25, 0.3) is 0 Å². The number of ether oxygens (including phenoxy) is 2. The van der Waals surface area contributed by atoms with E-state index in [2.05, 4.69) is 5.32 Å². The summed E-state index contributed by atoms with van der Waals surface area (Å²) in [6, 6.07) is 5.11. The van der Waals surface area contributed by atoms with Gasteiger partial charge in [-0.2, -0.15) is 0 Å². The minimum Gasteiger partial charge on any atom is -0.490 e. The Hall–Kier alpha value is -2.28. The van der Waals surface area contributed by atoms with Gasteiger partial charge in [0.05, 0.1) is 20.3 Å². The molecule has 1 fully saturated rings. The molecule has 0 spiro atoms. The van der Waals surface area contributed by atoms with E-state index in [1.165, 1.54) is 0 Å². The number of nitrogens with one attached hydrogen (secondary N) is 2. The van der Waals surface area contributed by atoms with Gasteiger partial charge >= 0.3 is 0 Å². The summed E-state index contributed by atoms with van der Waals surface area (Å²) >= 11 is 0. The van der Waals surface area contributed by atoms with Crippen LogP contribution in [-0.4, -0.2) is 62.7 Å². The summed E-state index contributed by atoms with van der Waals surface area (Å²) in [5.41, 5.74) is 0.651. The summed E-state index contributed by atoms with van der Waals surface area (Å²) in [6.07, 6.45) is 2.13. The highest BCUT2D eigenvalue weighted by Gasteiger charge is 2.29. The van der Waals surface area contributed by atoms with Gasteiger partial charge in [0.2, 0.25) is 0 Å². The molecule has 2 atom stereocenters. The molecule has 0 bridgehead atoms. The van der Waals surface area contributed by atoms with E-state index in [9.17, 15) is 9.59 Å². The number of rotatable bonds is 9. The van der Waals surface area contributed by atoms with Gasteiger partial charge in [0, 0.05) is 24.8 Å². The molecule has 2 N–H and O–H groups in total. The lowest BCUT2D eigenvalue weighted by Gasteiger charge is -2.25. The van der Waals surface area contributed by atoms with Gasteiger partial charge in [-0.05, 0) is 45.7 Å². The van der Waals surface area contributed by atoms with E-state index < -0.39 is 0 Å². The highest BCUT2D eigenvalue weighted by molar-refractivity contribution is 5.92. The monoisotopic (exact) mass is 378 g/mol. The second-order valence-corrected chi connectivity index (χ2v) is 6.85. The van der Waals surface area contributed by atoms with E-state index >= 15 is 0 Å². The zero-order valence-electron chi connectivity index (χ0n) is 16.8. The van der Waals surface area contributed by atoms with E-state index in [0.717, 1.165) is 30.8 Å². The molecule has 1 aliphatic heterocycles. The standard InChI is InChI=1S/C20H31N3O4/c1-5-26-17-10-9-16(13-18(17)27-6-2)21-19(24)14-22(4)15(3)20(25)23-11-7-8-12-23/h9-10,13,15H,5-8,11-12,14H2,1-4H3,(H,21,24)/p+1/t15-/m1/s1. The molecule has 7 heteroatoms. The number of amides is 2. The van der Waals surface area contributed by atoms with Gasteiger partial charge in [-0.1, -0.05) is 0 Å². The second-order valence-electron chi connectivity index (χ2n) is 6.85. The Morgan fingerprint density at radius 1 is 1.15 bits per heavy atom. The van der Waals surface area contributed by atoms with Crippen molar-refractivity contribution in [3.8, 4) is 11.5 Å². The van der Waals surface area contributed by atoms with Crippen molar-refractivity contribution >= 4 is 17.5 Å². The maximum atomic E-state index is 12.5. The lowest BCUT2D eigenvalue weighted by Crippen LogP contribution is -3.15. The molecule has 1 aromatic carbocycles. The molecule has 27 heavy (non-hydrogen) atoms. The van der Waals surface area contributed by atoms with Crippen molar-refractivity contribution in [1.82, 2.24) is 4.90 Å². The third-order valence-corrected chi connectivity index (χ3v) is 4.79. The Kier molecular flexibility index (Phi) is 7.91. The van der Waals surface area contributed by atoms with Crippen molar-refractivity contribution < 1.29 is 24.0 Å². The third kappa shape index (κ3) is 5.85. The summed E-state index contributed by atoms with van der Waals surface area (Å²) < 4.78 is 11.1. The van der Waals surface area contributed by atoms with Crippen LogP contribution in [0.1, 0.15) is 33.6 Å². The molecule has 1 heterocycles. The first kappa shape index (κ1) is 21.0. The normalized spacial score (nSPS) is 15.9. The van der Waals surface area contributed by atoms with Gasteiger partial charge in [-0.25, -0.2) is 0 Å². The van der Waals surface area contributed by atoms with Crippen LogP contribution in [0.15, 0.2) is 18.2 Å². The van der Waals surface area contributed by atoms with Crippen LogP contribution in [0.2, 0.25) is 0 Å². The van der Waals surface area contributed by atoms with Crippen molar-refractivity contribution in [2.45, 2.75) is 39.7 Å². The maximum Gasteiger partial charge on any atom is 0.280 e. The van der Waals surface area contributed by atoms with E-state index in [1.54, 1.807) is 18.2 Å². The smallest absolute Gasteiger partial charge is 0.280 e. The Morgan fingerprint density at radius 3 is 2.41 bits per heavy atom. The molecular formula is C20H32N3O4+. The van der Waals surface area contributed by atoms with Crippen molar-refractivity contribution in [2.75, 3.05) is 45.2 Å². The number of nitrogens with zero attached hydrogens (tertiary/aromatic N) is 1. The molecule has 2 amide bonds. The number of carbonyl (C=O) groups is 2. The van der Waals surface area contributed by atoms with Gasteiger partial charge in [0.15, 0.2) is 24.1 Å². The molecule has 0 saturated carbocycles. The molecule has 1 aliphatic rings. The van der Waals surface area contributed by atoms with Crippen molar-refractivity contribution in [3.05, 3.63) is 18.2 Å². The second kappa shape index (κ2) is 10.2. The lowest BCUT2D eigenvalue weighted by atomic mass is 10.2. The summed E-state index contributed by atoms with van der Waals surface area (Å²) in [6.45, 7) is 8.63. The Bertz CT molecular complexity index is 644. The van der Waals surface area contributed by atoms with Gasteiger partial charge < -0.3 is 24.6 Å². The first-order valence-corrected chi connectivity index (χ1v) is 9.76. The number of quaternary nitrogens is 1. The maximum absolute atomic E-state index is 12.5. The predicted octanol–water partition coefficient (Wildman–Crippen LogP) is 0.948. The summed E-state index contributed by atoms with van der Waals surface area (Å²) in [5, 5.41) is 2.88. The number of likely N-dealkylation sites (N-methyl/N-ethyl adjacent to an activating group) is 1. The number of carbonyl (C=O) groups excluding carboxylic acids is 2. The van der Waals surface area contributed by atoms with Crippen LogP contribution >= 0.6 is 0 Å². The first-order chi connectivity index (χ1) is 13.0. The minimum absolute atomic E-state index is 0.123. The lowest BCUT2D eigenvalue weighted by molar-refractivity contribution is -0.886. The molecule has 0 aromatic heterocycles.